The molecule has 2 amide bonds. The highest BCUT2D eigenvalue weighted by Gasteiger charge is 2.35. The van der Waals surface area contributed by atoms with Gasteiger partial charge in [0.1, 0.15) is 5.75 Å². The molecule has 3 aromatic carbocycles. The zero-order valence-corrected chi connectivity index (χ0v) is 17.7. The molecule has 1 atom stereocenters. The van der Waals surface area contributed by atoms with Crippen LogP contribution in [0.4, 0.5) is 5.69 Å². The Morgan fingerprint density at radius 3 is 2.42 bits per heavy atom. The van der Waals surface area contributed by atoms with Crippen LogP contribution < -0.4 is 15.0 Å². The van der Waals surface area contributed by atoms with Gasteiger partial charge in [0.05, 0.1) is 12.2 Å². The first-order valence-electron chi connectivity index (χ1n) is 10.6. The van der Waals surface area contributed by atoms with Crippen molar-refractivity contribution in [3.8, 4) is 17.1 Å². The predicted molar refractivity (Wildman–Crippen MR) is 123 cm³/mol. The Kier molecular flexibility index (Phi) is 5.59. The lowest BCUT2D eigenvalue weighted by Gasteiger charge is -2.33. The zero-order valence-electron chi connectivity index (χ0n) is 17.7. The van der Waals surface area contributed by atoms with Gasteiger partial charge in [-0.15, -0.1) is 0 Å². The van der Waals surface area contributed by atoms with Crippen molar-refractivity contribution in [1.82, 2.24) is 10.5 Å². The molecule has 4 aromatic rings. The Hall–Kier alpha value is -4.39. The van der Waals surface area contributed by atoms with Crippen LogP contribution in [-0.4, -0.2) is 29.6 Å². The van der Waals surface area contributed by atoms with Gasteiger partial charge in [-0.3, -0.25) is 14.5 Å². The topological polar surface area (TPSA) is 84.7 Å². The molecule has 0 saturated carbocycles. The number of aromatic nitrogens is 1. The van der Waals surface area contributed by atoms with Crippen molar-refractivity contribution in [3.05, 3.63) is 102 Å². The average molecular weight is 439 g/mol. The van der Waals surface area contributed by atoms with Gasteiger partial charge in [-0.2, -0.15) is 0 Å². The molecule has 2 heterocycles. The molecule has 1 aliphatic heterocycles. The number of hydrogen-bond donors (Lipinski definition) is 1. The van der Waals surface area contributed by atoms with E-state index >= 15 is 0 Å². The SMILES string of the molecule is O=C(NCc1ccccc1)C1CN(C(=O)c2cc(-c3ccccc3)on2)c2ccccc2O1. The summed E-state index contributed by atoms with van der Waals surface area (Å²) in [5.74, 6) is 0.301. The van der Waals surface area contributed by atoms with E-state index < -0.39 is 6.10 Å². The van der Waals surface area contributed by atoms with Crippen molar-refractivity contribution in [3.63, 3.8) is 0 Å². The number of rotatable bonds is 5. The minimum absolute atomic E-state index is 0.0595. The van der Waals surface area contributed by atoms with E-state index in [0.717, 1.165) is 11.1 Å². The van der Waals surface area contributed by atoms with Gasteiger partial charge in [-0.1, -0.05) is 78.0 Å². The summed E-state index contributed by atoms with van der Waals surface area (Å²) in [4.78, 5) is 27.7. The molecule has 0 fully saturated rings. The van der Waals surface area contributed by atoms with Crippen molar-refractivity contribution >= 4 is 17.5 Å². The number of para-hydroxylation sites is 2. The molecule has 1 N–H and O–H groups in total. The molecular weight excluding hydrogens is 418 g/mol. The molecule has 0 spiro atoms. The fourth-order valence-corrected chi connectivity index (χ4v) is 3.71. The molecule has 0 aliphatic carbocycles. The van der Waals surface area contributed by atoms with Gasteiger partial charge < -0.3 is 14.6 Å². The molecule has 0 saturated heterocycles. The number of nitrogens with zero attached hydrogens (tertiary/aromatic N) is 2. The van der Waals surface area contributed by atoms with Crippen LogP contribution in [0, 0.1) is 0 Å². The first kappa shape index (κ1) is 20.5. The summed E-state index contributed by atoms with van der Waals surface area (Å²) in [7, 11) is 0. The van der Waals surface area contributed by atoms with Gasteiger partial charge in [0.15, 0.2) is 17.6 Å². The van der Waals surface area contributed by atoms with E-state index in [1.807, 2.05) is 66.7 Å². The second kappa shape index (κ2) is 9.00. The number of carbonyl (C=O) groups is 2. The van der Waals surface area contributed by atoms with Crippen LogP contribution in [0.5, 0.6) is 5.75 Å². The number of anilines is 1. The zero-order chi connectivity index (χ0) is 22.6. The number of hydrogen-bond acceptors (Lipinski definition) is 5. The normalized spacial score (nSPS) is 14.8. The average Bonchev–Trinajstić information content (AvgIpc) is 3.38. The first-order chi connectivity index (χ1) is 16.2. The van der Waals surface area contributed by atoms with E-state index in [1.165, 1.54) is 4.90 Å². The van der Waals surface area contributed by atoms with Crippen molar-refractivity contribution in [2.75, 3.05) is 11.4 Å². The lowest BCUT2D eigenvalue weighted by molar-refractivity contribution is -0.127. The van der Waals surface area contributed by atoms with Crippen molar-refractivity contribution in [2.24, 2.45) is 0 Å². The minimum Gasteiger partial charge on any atom is -0.477 e. The second-order valence-corrected chi connectivity index (χ2v) is 7.64. The van der Waals surface area contributed by atoms with Gasteiger partial charge in [0, 0.05) is 18.2 Å². The molecule has 164 valence electrons. The molecule has 1 unspecified atom stereocenters. The third-order valence-electron chi connectivity index (χ3n) is 5.41. The molecule has 1 aliphatic rings. The second-order valence-electron chi connectivity index (χ2n) is 7.64. The Labute approximate surface area is 190 Å². The van der Waals surface area contributed by atoms with Crippen LogP contribution in [-0.2, 0) is 11.3 Å². The van der Waals surface area contributed by atoms with Crippen LogP contribution in [0.15, 0.2) is 95.5 Å². The lowest BCUT2D eigenvalue weighted by atomic mass is 10.1. The predicted octanol–water partition coefficient (Wildman–Crippen LogP) is 4.07. The van der Waals surface area contributed by atoms with Crippen LogP contribution in [0.2, 0.25) is 0 Å². The quantitative estimate of drug-likeness (QED) is 0.507. The highest BCUT2D eigenvalue weighted by atomic mass is 16.5. The largest absolute Gasteiger partial charge is 0.477 e. The summed E-state index contributed by atoms with van der Waals surface area (Å²) >= 11 is 0. The number of carbonyl (C=O) groups excluding carboxylic acids is 2. The molecule has 0 radical (unpaired) electrons. The molecule has 1 aromatic heterocycles. The number of ether oxygens (including phenoxy) is 1. The number of nitrogens with one attached hydrogen (secondary N) is 1. The Balaban J connectivity index is 1.36. The van der Waals surface area contributed by atoms with Crippen LogP contribution in [0.3, 0.4) is 0 Å². The van der Waals surface area contributed by atoms with Gasteiger partial charge >= 0.3 is 0 Å². The van der Waals surface area contributed by atoms with Crippen LogP contribution >= 0.6 is 0 Å². The van der Waals surface area contributed by atoms with E-state index in [2.05, 4.69) is 10.5 Å². The summed E-state index contributed by atoms with van der Waals surface area (Å²) in [6.45, 7) is 0.433. The molecule has 7 nitrogen and oxygen atoms in total. The third kappa shape index (κ3) is 4.34. The van der Waals surface area contributed by atoms with Crippen LogP contribution in [0.25, 0.3) is 11.3 Å². The summed E-state index contributed by atoms with van der Waals surface area (Å²) in [5.41, 5.74) is 2.54. The first-order valence-corrected chi connectivity index (χ1v) is 10.6. The molecule has 0 bridgehead atoms. The van der Waals surface area contributed by atoms with E-state index in [4.69, 9.17) is 9.26 Å². The molecule has 5 rings (SSSR count). The smallest absolute Gasteiger partial charge is 0.280 e. The number of fused-ring (bicyclic) bond motifs is 1. The Morgan fingerprint density at radius 2 is 1.64 bits per heavy atom. The summed E-state index contributed by atoms with van der Waals surface area (Å²) in [5, 5.41) is 6.87. The summed E-state index contributed by atoms with van der Waals surface area (Å²) in [6.07, 6.45) is -0.854. The summed E-state index contributed by atoms with van der Waals surface area (Å²) in [6, 6.07) is 27.8. The van der Waals surface area contributed by atoms with Gasteiger partial charge in [-0.05, 0) is 17.7 Å². The minimum atomic E-state index is -0.854. The van der Waals surface area contributed by atoms with E-state index in [-0.39, 0.29) is 24.1 Å². The molecular formula is C26H21N3O4. The van der Waals surface area contributed by atoms with E-state index in [0.29, 0.717) is 23.7 Å². The maximum absolute atomic E-state index is 13.4. The van der Waals surface area contributed by atoms with Gasteiger partial charge in [0.2, 0.25) is 0 Å². The summed E-state index contributed by atoms with van der Waals surface area (Å²) < 4.78 is 11.3. The number of amides is 2. The van der Waals surface area contributed by atoms with Crippen LogP contribution in [0.1, 0.15) is 16.1 Å². The van der Waals surface area contributed by atoms with Crippen molar-refractivity contribution in [1.29, 1.82) is 0 Å². The molecule has 33 heavy (non-hydrogen) atoms. The molecule has 7 heteroatoms. The van der Waals surface area contributed by atoms with E-state index in [9.17, 15) is 9.59 Å². The Bertz CT molecular complexity index is 1270. The highest BCUT2D eigenvalue weighted by Crippen LogP contribution is 2.34. The maximum atomic E-state index is 13.4. The van der Waals surface area contributed by atoms with Gasteiger partial charge in [0.25, 0.3) is 11.8 Å². The fourth-order valence-electron chi connectivity index (χ4n) is 3.71. The fraction of sp³-hybridized carbons (Fsp3) is 0.115. The van der Waals surface area contributed by atoms with Crippen molar-refractivity contribution < 1.29 is 18.8 Å². The number of benzene rings is 3. The van der Waals surface area contributed by atoms with E-state index in [1.54, 1.807) is 24.3 Å². The lowest BCUT2D eigenvalue weighted by Crippen LogP contribution is -2.50. The highest BCUT2D eigenvalue weighted by molar-refractivity contribution is 6.07. The monoisotopic (exact) mass is 439 g/mol. The Morgan fingerprint density at radius 1 is 0.939 bits per heavy atom. The third-order valence-corrected chi connectivity index (χ3v) is 5.41. The standard InChI is InChI=1S/C26H21N3O4/c30-25(27-16-18-9-3-1-4-10-18)24-17-29(21-13-7-8-14-22(21)32-24)26(31)20-15-23(33-28-20)19-11-5-2-6-12-19/h1-15,24H,16-17H2,(H,27,30). The maximum Gasteiger partial charge on any atom is 0.280 e. The van der Waals surface area contributed by atoms with Gasteiger partial charge in [-0.25, -0.2) is 0 Å². The van der Waals surface area contributed by atoms with Crippen molar-refractivity contribution in [2.45, 2.75) is 12.6 Å².